The van der Waals surface area contributed by atoms with E-state index in [0.717, 1.165) is 0 Å². The van der Waals surface area contributed by atoms with E-state index in [-0.39, 0.29) is 22.6 Å². The number of nitrogens with zero attached hydrogens (tertiary/aromatic N) is 1. The first kappa shape index (κ1) is 23.2. The molecule has 1 saturated carbocycles. The minimum Gasteiger partial charge on any atom is -0.508 e. The number of Topliss-reactive ketones (excluding diaryl/α,β-unsaturated/α-hetero) is 2. The average Bonchev–Trinajstić information content (AvgIpc) is 2.69. The lowest BCUT2D eigenvalue weighted by Gasteiger charge is -2.53. The Morgan fingerprint density at radius 2 is 1.79 bits per heavy atom. The van der Waals surface area contributed by atoms with Gasteiger partial charge in [0.1, 0.15) is 22.8 Å². The summed E-state index contributed by atoms with van der Waals surface area (Å²) in [6, 6.07) is 1.24. The number of hydrogen-bond donors (Lipinski definition) is 6. The number of carbonyl (C=O) groups excluding carboxylic acids is 3. The predicted octanol–water partition coefficient (Wildman–Crippen LogP) is 0.282. The number of halogens is 1. The third kappa shape index (κ3) is 2.75. The highest BCUT2D eigenvalue weighted by molar-refractivity contribution is 6.32. The molecule has 176 valence electrons. The van der Waals surface area contributed by atoms with Gasteiger partial charge < -0.3 is 31.3 Å². The maximum atomic E-state index is 13.7. The number of aliphatic hydroxyl groups excluding tert-OH is 2. The molecule has 0 aliphatic heterocycles. The molecule has 7 N–H and O–H groups in total. The van der Waals surface area contributed by atoms with Crippen LogP contribution in [0, 0.1) is 11.8 Å². The molecule has 0 radical (unpaired) electrons. The van der Waals surface area contributed by atoms with Gasteiger partial charge in [0.2, 0.25) is 5.78 Å². The molecule has 1 fully saturated rings. The third-order valence-electron chi connectivity index (χ3n) is 7.07. The van der Waals surface area contributed by atoms with Gasteiger partial charge in [-0.05, 0) is 39.6 Å². The number of rotatable bonds is 2. The van der Waals surface area contributed by atoms with Crippen LogP contribution >= 0.6 is 11.6 Å². The zero-order valence-corrected chi connectivity index (χ0v) is 18.7. The lowest BCUT2D eigenvalue weighted by molar-refractivity contribution is -0.159. The molecule has 11 heteroatoms. The summed E-state index contributed by atoms with van der Waals surface area (Å²) in [6.07, 6.45) is -0.259. The van der Waals surface area contributed by atoms with Crippen molar-refractivity contribution in [1.29, 1.82) is 0 Å². The van der Waals surface area contributed by atoms with Crippen molar-refractivity contribution in [3.05, 3.63) is 45.2 Å². The Balaban J connectivity index is 2.07. The van der Waals surface area contributed by atoms with Crippen molar-refractivity contribution >= 4 is 34.8 Å². The summed E-state index contributed by atoms with van der Waals surface area (Å²) < 4.78 is 0. The van der Waals surface area contributed by atoms with Crippen molar-refractivity contribution in [3.8, 4) is 5.75 Å². The fourth-order valence-corrected chi connectivity index (χ4v) is 5.93. The Labute approximate surface area is 193 Å². The van der Waals surface area contributed by atoms with Crippen molar-refractivity contribution in [2.45, 2.75) is 30.6 Å². The number of primary amides is 1. The fraction of sp³-hybridized carbons (Fsp3) is 0.409. The number of nitrogens with two attached hydrogens (primary N) is 1. The quantitative estimate of drug-likeness (QED) is 0.325. The van der Waals surface area contributed by atoms with Gasteiger partial charge in [0, 0.05) is 28.0 Å². The van der Waals surface area contributed by atoms with E-state index in [0.29, 0.717) is 0 Å². The Bertz CT molecular complexity index is 1200. The van der Waals surface area contributed by atoms with Crippen LogP contribution in [0.5, 0.6) is 5.75 Å². The number of carbonyl (C=O) groups is 3. The molecule has 1 aromatic rings. The number of ketones is 2. The highest BCUT2D eigenvalue weighted by atomic mass is 35.5. The molecule has 1 aromatic carbocycles. The minimum absolute atomic E-state index is 0.0187. The van der Waals surface area contributed by atoms with Crippen LogP contribution < -0.4 is 5.73 Å². The molecule has 0 saturated heterocycles. The van der Waals surface area contributed by atoms with Gasteiger partial charge in [-0.2, -0.15) is 0 Å². The highest BCUT2D eigenvalue weighted by Crippen LogP contribution is 2.58. The second-order valence-corrected chi connectivity index (χ2v) is 9.48. The second-order valence-electron chi connectivity index (χ2n) is 9.08. The molecule has 10 nitrogen and oxygen atoms in total. The summed E-state index contributed by atoms with van der Waals surface area (Å²) in [5, 5.41) is 55.2. The number of likely N-dealkylation sites (N-methyl/N-ethyl adjacent to an activating group) is 1. The molecule has 5 atom stereocenters. The molecule has 3 aliphatic carbocycles. The smallest absolute Gasteiger partial charge is 0.255 e. The van der Waals surface area contributed by atoms with Crippen molar-refractivity contribution in [2.75, 3.05) is 14.1 Å². The van der Waals surface area contributed by atoms with Crippen molar-refractivity contribution in [1.82, 2.24) is 4.90 Å². The van der Waals surface area contributed by atoms with E-state index < -0.39 is 75.0 Å². The van der Waals surface area contributed by atoms with Crippen LogP contribution in [0.2, 0.25) is 5.02 Å². The second kappa shape index (κ2) is 7.04. The number of aromatic hydroxyl groups is 1. The summed E-state index contributed by atoms with van der Waals surface area (Å²) >= 11 is 6.28. The van der Waals surface area contributed by atoms with E-state index >= 15 is 0 Å². The maximum absolute atomic E-state index is 13.7. The zero-order chi connectivity index (χ0) is 24.8. The SMILES string of the molecule is CN(C)[C@H]1C(=O)C(C(N)=O)=C(O)[C@]2(O)C(=O)C3=C(O)c4c(O)ccc(Cl)c4[C@](C)(O)[C@@H]3C[C@@H]12. The van der Waals surface area contributed by atoms with Crippen LogP contribution in [0.25, 0.3) is 5.76 Å². The van der Waals surface area contributed by atoms with Gasteiger partial charge in [-0.15, -0.1) is 0 Å². The van der Waals surface area contributed by atoms with Crippen molar-refractivity contribution in [2.24, 2.45) is 17.6 Å². The van der Waals surface area contributed by atoms with E-state index in [1.54, 1.807) is 0 Å². The van der Waals surface area contributed by atoms with E-state index in [1.807, 2.05) is 0 Å². The number of benzene rings is 1. The molecule has 1 amide bonds. The monoisotopic (exact) mass is 478 g/mol. The Hall–Kier alpha value is -2.92. The van der Waals surface area contributed by atoms with Crippen LogP contribution in [0.15, 0.2) is 29.0 Å². The van der Waals surface area contributed by atoms with Gasteiger partial charge >= 0.3 is 0 Å². The van der Waals surface area contributed by atoms with Crippen molar-refractivity contribution < 1.29 is 39.9 Å². The van der Waals surface area contributed by atoms with Crippen LogP contribution in [-0.4, -0.2) is 73.6 Å². The van der Waals surface area contributed by atoms with Crippen LogP contribution in [0.1, 0.15) is 24.5 Å². The molecule has 33 heavy (non-hydrogen) atoms. The summed E-state index contributed by atoms with van der Waals surface area (Å²) in [6.45, 7) is 1.34. The van der Waals surface area contributed by atoms with Crippen LogP contribution in [-0.2, 0) is 20.0 Å². The Morgan fingerprint density at radius 1 is 1.18 bits per heavy atom. The molecular formula is C22H23ClN2O8. The predicted molar refractivity (Wildman–Crippen MR) is 115 cm³/mol. The summed E-state index contributed by atoms with van der Waals surface area (Å²) in [5.74, 6) is -8.30. The summed E-state index contributed by atoms with van der Waals surface area (Å²) in [5.41, 5.74) is -1.10. The average molecular weight is 479 g/mol. The molecular weight excluding hydrogens is 456 g/mol. The number of amides is 1. The van der Waals surface area contributed by atoms with E-state index in [4.69, 9.17) is 17.3 Å². The number of phenols is 1. The molecule has 0 spiro atoms. The number of hydrogen-bond acceptors (Lipinski definition) is 9. The lowest BCUT2D eigenvalue weighted by Crippen LogP contribution is -2.67. The fourth-order valence-electron chi connectivity index (χ4n) is 5.58. The lowest BCUT2D eigenvalue weighted by atomic mass is 9.54. The van der Waals surface area contributed by atoms with E-state index in [1.165, 1.54) is 38.1 Å². The van der Waals surface area contributed by atoms with E-state index in [9.17, 15) is 39.9 Å². The molecule has 0 aromatic heterocycles. The molecule has 3 aliphatic rings. The maximum Gasteiger partial charge on any atom is 0.255 e. The number of fused-ring (bicyclic) bond motifs is 3. The largest absolute Gasteiger partial charge is 0.508 e. The first-order chi connectivity index (χ1) is 15.2. The number of aliphatic hydroxyl groups is 4. The van der Waals surface area contributed by atoms with Gasteiger partial charge in [-0.1, -0.05) is 11.6 Å². The molecule has 0 unspecified atom stereocenters. The number of phenolic OH excluding ortho intramolecular Hbond substituents is 1. The van der Waals surface area contributed by atoms with Gasteiger partial charge in [0.05, 0.1) is 17.2 Å². The van der Waals surface area contributed by atoms with Crippen molar-refractivity contribution in [3.63, 3.8) is 0 Å². The molecule has 0 bridgehead atoms. The topological polar surface area (TPSA) is 182 Å². The van der Waals surface area contributed by atoms with Gasteiger partial charge in [-0.25, -0.2) is 0 Å². The van der Waals surface area contributed by atoms with Gasteiger partial charge in [0.25, 0.3) is 5.91 Å². The first-order valence-electron chi connectivity index (χ1n) is 10.1. The zero-order valence-electron chi connectivity index (χ0n) is 18.0. The van der Waals surface area contributed by atoms with Gasteiger partial charge in [0.15, 0.2) is 11.4 Å². The third-order valence-corrected chi connectivity index (χ3v) is 7.39. The molecule has 4 rings (SSSR count). The van der Waals surface area contributed by atoms with Crippen LogP contribution in [0.3, 0.4) is 0 Å². The summed E-state index contributed by atoms with van der Waals surface area (Å²) in [4.78, 5) is 40.1. The standard InChI is InChI=1S/C22H23ClN2O8/c1-21(32)7-6-8-15(25(2)3)17(28)13(20(24)31)19(30)22(8,33)18(29)11(7)16(27)12-10(26)5-4-9(23)14(12)21/h4-5,7-8,15,26-27,30,32-33H,6H2,1-3H3,(H2,24,31)/t7-,8+,15-,21-,22-/m1/s1. The molecule has 0 heterocycles. The normalized spacial score (nSPS) is 33.7. The minimum atomic E-state index is -2.78. The highest BCUT2D eigenvalue weighted by Gasteiger charge is 2.66. The van der Waals surface area contributed by atoms with Crippen LogP contribution in [0.4, 0.5) is 0 Å². The Kier molecular flexibility index (Phi) is 4.96. The Morgan fingerprint density at radius 3 is 2.33 bits per heavy atom. The first-order valence-corrected chi connectivity index (χ1v) is 10.5. The van der Waals surface area contributed by atoms with E-state index in [2.05, 4.69) is 0 Å². The van der Waals surface area contributed by atoms with Gasteiger partial charge in [-0.3, -0.25) is 19.3 Å². The summed E-state index contributed by atoms with van der Waals surface area (Å²) in [7, 11) is 2.97.